The Labute approximate surface area is 106 Å². The Kier molecular flexibility index (Phi) is 4.83. The molecule has 17 heavy (non-hydrogen) atoms. The minimum atomic E-state index is -0.169. The molecule has 2 nitrogen and oxygen atoms in total. The first-order valence-corrected chi connectivity index (χ1v) is 7.10. The first-order valence-electron chi connectivity index (χ1n) is 6.12. The molecule has 1 saturated heterocycles. The number of halogens is 1. The molecule has 2 N–H and O–H groups in total. The fraction of sp³-hybridized carbons (Fsp3) is 0.538. The Morgan fingerprint density at radius 3 is 2.82 bits per heavy atom. The molecule has 1 aromatic carbocycles. The van der Waals surface area contributed by atoms with Gasteiger partial charge < -0.3 is 5.73 Å². The topological polar surface area (TPSA) is 29.3 Å². The van der Waals surface area contributed by atoms with Gasteiger partial charge in [-0.1, -0.05) is 0 Å². The van der Waals surface area contributed by atoms with Gasteiger partial charge >= 0.3 is 0 Å². The van der Waals surface area contributed by atoms with Gasteiger partial charge in [0, 0.05) is 29.8 Å². The van der Waals surface area contributed by atoms with Crippen molar-refractivity contribution >= 4 is 11.8 Å². The number of benzene rings is 1. The van der Waals surface area contributed by atoms with Gasteiger partial charge in [0.15, 0.2) is 0 Å². The van der Waals surface area contributed by atoms with E-state index in [1.54, 1.807) is 11.8 Å². The zero-order chi connectivity index (χ0) is 12.1. The number of hydrogen-bond donors (Lipinski definition) is 1. The summed E-state index contributed by atoms with van der Waals surface area (Å²) in [5.74, 6) is 0.874. The van der Waals surface area contributed by atoms with Gasteiger partial charge in [0.2, 0.25) is 0 Å². The van der Waals surface area contributed by atoms with Crippen LogP contribution in [0.5, 0.6) is 0 Å². The summed E-state index contributed by atoms with van der Waals surface area (Å²) in [7, 11) is 0. The van der Waals surface area contributed by atoms with Crippen LogP contribution in [0.1, 0.15) is 12.8 Å². The SMILES string of the molecule is NCC1CCCN1CCSc1ccc(F)cc1. The molecule has 1 heterocycles. The smallest absolute Gasteiger partial charge is 0.123 e. The van der Waals surface area contributed by atoms with Crippen molar-refractivity contribution in [1.82, 2.24) is 4.90 Å². The molecule has 0 bridgehead atoms. The summed E-state index contributed by atoms with van der Waals surface area (Å²) < 4.78 is 12.7. The van der Waals surface area contributed by atoms with E-state index in [1.165, 1.54) is 31.5 Å². The average molecular weight is 254 g/mol. The minimum Gasteiger partial charge on any atom is -0.329 e. The molecule has 2 rings (SSSR count). The van der Waals surface area contributed by atoms with Crippen LogP contribution in [0.4, 0.5) is 4.39 Å². The normalized spacial score (nSPS) is 20.9. The monoisotopic (exact) mass is 254 g/mol. The molecule has 0 saturated carbocycles. The van der Waals surface area contributed by atoms with E-state index in [4.69, 9.17) is 5.73 Å². The second kappa shape index (κ2) is 6.38. The molecule has 4 heteroatoms. The summed E-state index contributed by atoms with van der Waals surface area (Å²) in [5, 5.41) is 0. The highest BCUT2D eigenvalue weighted by Crippen LogP contribution is 2.21. The number of rotatable bonds is 5. The van der Waals surface area contributed by atoms with Crippen LogP contribution in [0.25, 0.3) is 0 Å². The van der Waals surface area contributed by atoms with Crippen molar-refractivity contribution in [1.29, 1.82) is 0 Å². The van der Waals surface area contributed by atoms with Crippen LogP contribution in [-0.4, -0.2) is 36.3 Å². The molecule has 1 fully saturated rings. The summed E-state index contributed by atoms with van der Waals surface area (Å²) in [6.07, 6.45) is 2.50. The number of hydrogen-bond acceptors (Lipinski definition) is 3. The largest absolute Gasteiger partial charge is 0.329 e. The van der Waals surface area contributed by atoms with Crippen LogP contribution in [-0.2, 0) is 0 Å². The lowest BCUT2D eigenvalue weighted by Crippen LogP contribution is -2.36. The van der Waals surface area contributed by atoms with Crippen molar-refractivity contribution in [3.63, 3.8) is 0 Å². The van der Waals surface area contributed by atoms with Gasteiger partial charge in [-0.15, -0.1) is 11.8 Å². The van der Waals surface area contributed by atoms with Gasteiger partial charge in [0.1, 0.15) is 5.82 Å². The molecule has 1 aliphatic heterocycles. The molecule has 1 aromatic rings. The third-order valence-corrected chi connectivity index (χ3v) is 4.22. The van der Waals surface area contributed by atoms with Crippen LogP contribution in [0.3, 0.4) is 0 Å². The van der Waals surface area contributed by atoms with Crippen molar-refractivity contribution in [2.75, 3.05) is 25.4 Å². The predicted molar refractivity (Wildman–Crippen MR) is 70.8 cm³/mol. The maximum absolute atomic E-state index is 12.7. The van der Waals surface area contributed by atoms with Gasteiger partial charge in [0.05, 0.1) is 0 Å². The number of likely N-dealkylation sites (tertiary alicyclic amines) is 1. The Bertz CT molecular complexity index is 342. The standard InChI is InChI=1S/C13H19FN2S/c14-11-3-5-13(6-4-11)17-9-8-16-7-1-2-12(16)10-15/h3-6,12H,1-2,7-10,15H2. The lowest BCUT2D eigenvalue weighted by atomic mass is 10.2. The molecule has 94 valence electrons. The van der Waals surface area contributed by atoms with Crippen LogP contribution in [0.2, 0.25) is 0 Å². The number of nitrogens with two attached hydrogens (primary N) is 1. The van der Waals surface area contributed by atoms with E-state index in [1.807, 2.05) is 12.1 Å². The van der Waals surface area contributed by atoms with E-state index in [-0.39, 0.29) is 5.82 Å². The van der Waals surface area contributed by atoms with Crippen molar-refractivity contribution in [3.05, 3.63) is 30.1 Å². The summed E-state index contributed by atoms with van der Waals surface area (Å²) in [5.41, 5.74) is 5.73. The van der Waals surface area contributed by atoms with E-state index in [9.17, 15) is 4.39 Å². The highest BCUT2D eigenvalue weighted by molar-refractivity contribution is 7.99. The molecule has 0 spiro atoms. The first-order chi connectivity index (χ1) is 8.29. The third-order valence-electron chi connectivity index (χ3n) is 3.23. The second-order valence-electron chi connectivity index (χ2n) is 4.37. The molecule has 0 aromatic heterocycles. The zero-order valence-corrected chi connectivity index (χ0v) is 10.8. The maximum atomic E-state index is 12.7. The molecule has 0 radical (unpaired) electrons. The Morgan fingerprint density at radius 2 is 2.12 bits per heavy atom. The van der Waals surface area contributed by atoms with Crippen molar-refractivity contribution in [2.45, 2.75) is 23.8 Å². The van der Waals surface area contributed by atoms with E-state index in [0.29, 0.717) is 6.04 Å². The third kappa shape index (κ3) is 3.69. The summed E-state index contributed by atoms with van der Waals surface area (Å²) in [6, 6.07) is 7.28. The fourth-order valence-corrected chi connectivity index (χ4v) is 3.16. The van der Waals surface area contributed by atoms with Gasteiger partial charge in [-0.3, -0.25) is 4.90 Å². The Hall–Kier alpha value is -0.580. The average Bonchev–Trinajstić information content (AvgIpc) is 2.79. The molecule has 1 atom stereocenters. The lowest BCUT2D eigenvalue weighted by Gasteiger charge is -2.22. The summed E-state index contributed by atoms with van der Waals surface area (Å²) in [6.45, 7) is 3.01. The van der Waals surface area contributed by atoms with E-state index in [2.05, 4.69) is 4.90 Å². The highest BCUT2D eigenvalue weighted by Gasteiger charge is 2.22. The lowest BCUT2D eigenvalue weighted by molar-refractivity contribution is 0.275. The molecule has 0 amide bonds. The summed E-state index contributed by atoms with van der Waals surface area (Å²) in [4.78, 5) is 3.60. The van der Waals surface area contributed by atoms with Gasteiger partial charge in [0.25, 0.3) is 0 Å². The van der Waals surface area contributed by atoms with Crippen LogP contribution in [0.15, 0.2) is 29.2 Å². The molecular formula is C13H19FN2S. The van der Waals surface area contributed by atoms with Gasteiger partial charge in [-0.05, 0) is 43.7 Å². The second-order valence-corrected chi connectivity index (χ2v) is 5.54. The van der Waals surface area contributed by atoms with Crippen molar-refractivity contribution in [2.24, 2.45) is 5.73 Å². The highest BCUT2D eigenvalue weighted by atomic mass is 32.2. The predicted octanol–water partition coefficient (Wildman–Crippen LogP) is 2.34. The minimum absolute atomic E-state index is 0.169. The van der Waals surface area contributed by atoms with E-state index >= 15 is 0 Å². The molecule has 1 aliphatic rings. The molecule has 1 unspecified atom stereocenters. The van der Waals surface area contributed by atoms with E-state index in [0.717, 1.165) is 23.7 Å². The number of thioether (sulfide) groups is 1. The van der Waals surface area contributed by atoms with E-state index < -0.39 is 0 Å². The van der Waals surface area contributed by atoms with Crippen LogP contribution >= 0.6 is 11.8 Å². The van der Waals surface area contributed by atoms with Crippen LogP contribution < -0.4 is 5.73 Å². The molecule has 0 aliphatic carbocycles. The Morgan fingerprint density at radius 1 is 1.35 bits per heavy atom. The van der Waals surface area contributed by atoms with Crippen LogP contribution in [0, 0.1) is 5.82 Å². The van der Waals surface area contributed by atoms with Gasteiger partial charge in [-0.25, -0.2) is 4.39 Å². The fourth-order valence-electron chi connectivity index (χ4n) is 2.27. The number of nitrogens with zero attached hydrogens (tertiary/aromatic N) is 1. The quantitative estimate of drug-likeness (QED) is 0.818. The maximum Gasteiger partial charge on any atom is 0.123 e. The summed E-state index contributed by atoms with van der Waals surface area (Å²) >= 11 is 1.78. The first kappa shape index (κ1) is 12.9. The van der Waals surface area contributed by atoms with Gasteiger partial charge in [-0.2, -0.15) is 0 Å². The van der Waals surface area contributed by atoms with Crippen molar-refractivity contribution < 1.29 is 4.39 Å². The van der Waals surface area contributed by atoms with Crippen molar-refractivity contribution in [3.8, 4) is 0 Å². The molecular weight excluding hydrogens is 235 g/mol. The zero-order valence-electron chi connectivity index (χ0n) is 9.94. The Balaban J connectivity index is 1.74.